The zero-order valence-electron chi connectivity index (χ0n) is 20.5. The lowest BCUT2D eigenvalue weighted by molar-refractivity contribution is 0.0734. The number of hydrogen-bond acceptors (Lipinski definition) is 6. The van der Waals surface area contributed by atoms with Crippen molar-refractivity contribution < 1.29 is 19.0 Å². The standard InChI is InChI=1S/C31H23ClN2O4/c1-19-9-11-20(12-10-19)18-36-22-6-4-5-21(15-22)29-25-14-13-23(16-28(25)38-30(34)26(29)17-33)37-31(35)24-7-2-3-8-27(24)32/h2-16,29H,18,34H2,1H3. The molecule has 0 aliphatic carbocycles. The second kappa shape index (κ2) is 10.7. The average Bonchev–Trinajstić information content (AvgIpc) is 2.92. The molecule has 4 aromatic carbocycles. The summed E-state index contributed by atoms with van der Waals surface area (Å²) in [6.45, 7) is 2.45. The van der Waals surface area contributed by atoms with E-state index >= 15 is 0 Å². The summed E-state index contributed by atoms with van der Waals surface area (Å²) < 4.78 is 17.3. The lowest BCUT2D eigenvalue weighted by Crippen LogP contribution is -2.21. The van der Waals surface area contributed by atoms with Crippen LogP contribution in [0, 0.1) is 18.3 Å². The number of fused-ring (bicyclic) bond motifs is 1. The van der Waals surface area contributed by atoms with E-state index in [-0.39, 0.29) is 22.8 Å². The van der Waals surface area contributed by atoms with Crippen molar-refractivity contribution in [3.8, 4) is 23.3 Å². The molecule has 0 saturated heterocycles. The third-order valence-corrected chi connectivity index (χ3v) is 6.54. The molecule has 1 atom stereocenters. The first-order chi connectivity index (χ1) is 18.4. The Balaban J connectivity index is 1.42. The highest BCUT2D eigenvalue weighted by Crippen LogP contribution is 2.44. The van der Waals surface area contributed by atoms with Gasteiger partial charge in [0.1, 0.15) is 35.5 Å². The van der Waals surface area contributed by atoms with Crippen LogP contribution in [0.5, 0.6) is 17.2 Å². The number of carbonyl (C=O) groups is 1. The van der Waals surface area contributed by atoms with Crippen molar-refractivity contribution in [2.45, 2.75) is 19.4 Å². The van der Waals surface area contributed by atoms with Crippen molar-refractivity contribution in [3.05, 3.63) is 135 Å². The molecule has 1 aliphatic heterocycles. The minimum Gasteiger partial charge on any atom is -0.489 e. The molecule has 2 N–H and O–H groups in total. The van der Waals surface area contributed by atoms with E-state index in [1.807, 2.05) is 55.5 Å². The van der Waals surface area contributed by atoms with Crippen LogP contribution in [0.3, 0.4) is 0 Å². The number of esters is 1. The molecule has 0 aromatic heterocycles. The number of nitrogens with zero attached hydrogens (tertiary/aromatic N) is 1. The van der Waals surface area contributed by atoms with Gasteiger partial charge in [-0.1, -0.05) is 71.8 Å². The number of halogens is 1. The van der Waals surface area contributed by atoms with Crippen LogP contribution in [-0.4, -0.2) is 5.97 Å². The molecule has 4 aromatic rings. The average molecular weight is 523 g/mol. The van der Waals surface area contributed by atoms with Gasteiger partial charge in [-0.2, -0.15) is 5.26 Å². The van der Waals surface area contributed by atoms with Crippen LogP contribution in [0.15, 0.2) is 102 Å². The van der Waals surface area contributed by atoms with Crippen molar-refractivity contribution in [1.82, 2.24) is 0 Å². The summed E-state index contributed by atoms with van der Waals surface area (Å²) in [5.41, 5.74) is 10.5. The predicted molar refractivity (Wildman–Crippen MR) is 144 cm³/mol. The first kappa shape index (κ1) is 24.9. The molecule has 1 heterocycles. The van der Waals surface area contributed by atoms with Crippen molar-refractivity contribution >= 4 is 17.6 Å². The van der Waals surface area contributed by atoms with Crippen molar-refractivity contribution in [2.75, 3.05) is 0 Å². The van der Waals surface area contributed by atoms with Crippen molar-refractivity contribution in [3.63, 3.8) is 0 Å². The Morgan fingerprint density at radius 3 is 2.55 bits per heavy atom. The molecule has 0 radical (unpaired) electrons. The molecule has 0 spiro atoms. The van der Waals surface area contributed by atoms with Gasteiger partial charge in [-0.15, -0.1) is 0 Å². The Kier molecular flexibility index (Phi) is 7.03. The summed E-state index contributed by atoms with van der Waals surface area (Å²) in [5.74, 6) is 0.225. The highest BCUT2D eigenvalue weighted by molar-refractivity contribution is 6.33. The minimum absolute atomic E-state index is 0.00874. The molecule has 0 saturated carbocycles. The largest absolute Gasteiger partial charge is 0.489 e. The van der Waals surface area contributed by atoms with Crippen LogP contribution < -0.4 is 19.9 Å². The monoisotopic (exact) mass is 522 g/mol. The number of carbonyl (C=O) groups excluding carboxylic acids is 1. The Labute approximate surface area is 225 Å². The molecule has 188 valence electrons. The first-order valence-electron chi connectivity index (χ1n) is 11.9. The van der Waals surface area contributed by atoms with Gasteiger partial charge in [0.2, 0.25) is 5.88 Å². The second-order valence-electron chi connectivity index (χ2n) is 8.84. The molecule has 1 unspecified atom stereocenters. The maximum atomic E-state index is 12.6. The molecular weight excluding hydrogens is 500 g/mol. The summed E-state index contributed by atoms with van der Waals surface area (Å²) in [4.78, 5) is 12.6. The highest BCUT2D eigenvalue weighted by atomic mass is 35.5. The highest BCUT2D eigenvalue weighted by Gasteiger charge is 2.31. The van der Waals surface area contributed by atoms with Gasteiger partial charge in [-0.05, 0) is 48.4 Å². The normalized spacial score (nSPS) is 14.2. The zero-order valence-corrected chi connectivity index (χ0v) is 21.2. The zero-order chi connectivity index (χ0) is 26.6. The number of hydrogen-bond donors (Lipinski definition) is 1. The number of ether oxygens (including phenoxy) is 3. The number of benzene rings is 4. The van der Waals surface area contributed by atoms with E-state index in [0.717, 1.165) is 11.1 Å². The van der Waals surface area contributed by atoms with E-state index in [9.17, 15) is 10.1 Å². The quantitative estimate of drug-likeness (QED) is 0.224. The summed E-state index contributed by atoms with van der Waals surface area (Å²) in [7, 11) is 0. The Bertz CT molecular complexity index is 1590. The number of nitriles is 1. The van der Waals surface area contributed by atoms with E-state index < -0.39 is 11.9 Å². The summed E-state index contributed by atoms with van der Waals surface area (Å²) in [5, 5.41) is 10.2. The SMILES string of the molecule is Cc1ccc(COc2cccc(C3C(C#N)=C(N)Oc4cc(OC(=O)c5ccccc5Cl)ccc43)c2)cc1. The molecular formula is C31H23ClN2O4. The first-order valence-corrected chi connectivity index (χ1v) is 12.3. The van der Waals surface area contributed by atoms with Crippen LogP contribution in [0.1, 0.15) is 38.5 Å². The van der Waals surface area contributed by atoms with Gasteiger partial charge in [0.25, 0.3) is 0 Å². The van der Waals surface area contributed by atoms with E-state index in [0.29, 0.717) is 28.7 Å². The van der Waals surface area contributed by atoms with Gasteiger partial charge in [0, 0.05) is 11.6 Å². The number of aryl methyl sites for hydroxylation is 1. The van der Waals surface area contributed by atoms with Crippen LogP contribution in [0.4, 0.5) is 0 Å². The van der Waals surface area contributed by atoms with Crippen molar-refractivity contribution in [2.24, 2.45) is 5.73 Å². The van der Waals surface area contributed by atoms with Crippen LogP contribution in [-0.2, 0) is 6.61 Å². The van der Waals surface area contributed by atoms with Gasteiger partial charge in [0.05, 0.1) is 16.5 Å². The van der Waals surface area contributed by atoms with Gasteiger partial charge < -0.3 is 19.9 Å². The second-order valence-corrected chi connectivity index (χ2v) is 9.25. The summed E-state index contributed by atoms with van der Waals surface area (Å²) >= 11 is 6.13. The number of nitrogens with two attached hydrogens (primary N) is 1. The lowest BCUT2D eigenvalue weighted by atomic mass is 9.83. The summed E-state index contributed by atoms with van der Waals surface area (Å²) in [6.07, 6.45) is 0. The molecule has 0 bridgehead atoms. The fraction of sp³-hybridized carbons (Fsp3) is 0.0968. The van der Waals surface area contributed by atoms with Gasteiger partial charge >= 0.3 is 5.97 Å². The number of allylic oxidation sites excluding steroid dienone is 1. The predicted octanol–water partition coefficient (Wildman–Crippen LogP) is 6.66. The fourth-order valence-electron chi connectivity index (χ4n) is 4.27. The maximum absolute atomic E-state index is 12.6. The molecule has 0 fully saturated rings. The maximum Gasteiger partial charge on any atom is 0.345 e. The van der Waals surface area contributed by atoms with Gasteiger partial charge in [0.15, 0.2) is 0 Å². The van der Waals surface area contributed by atoms with Crippen LogP contribution in [0.2, 0.25) is 5.02 Å². The third kappa shape index (κ3) is 5.19. The van der Waals surface area contributed by atoms with Gasteiger partial charge in [-0.3, -0.25) is 0 Å². The molecule has 38 heavy (non-hydrogen) atoms. The third-order valence-electron chi connectivity index (χ3n) is 6.21. The molecule has 1 aliphatic rings. The lowest BCUT2D eigenvalue weighted by Gasteiger charge is -2.27. The topological polar surface area (TPSA) is 94.6 Å². The Morgan fingerprint density at radius 1 is 1.00 bits per heavy atom. The fourth-order valence-corrected chi connectivity index (χ4v) is 4.48. The summed E-state index contributed by atoms with van der Waals surface area (Å²) in [6, 6.07) is 29.5. The smallest absolute Gasteiger partial charge is 0.345 e. The number of rotatable bonds is 6. The Hall–Kier alpha value is -4.73. The molecule has 5 rings (SSSR count). The van der Waals surface area contributed by atoms with E-state index in [2.05, 4.69) is 6.07 Å². The van der Waals surface area contributed by atoms with Crippen molar-refractivity contribution in [1.29, 1.82) is 5.26 Å². The Morgan fingerprint density at radius 2 is 1.79 bits per heavy atom. The molecule has 7 heteroatoms. The molecule has 0 amide bonds. The van der Waals surface area contributed by atoms with Crippen LogP contribution in [0.25, 0.3) is 0 Å². The van der Waals surface area contributed by atoms with E-state index in [4.69, 9.17) is 31.5 Å². The minimum atomic E-state index is -0.595. The van der Waals surface area contributed by atoms with Gasteiger partial charge in [-0.25, -0.2) is 4.79 Å². The molecule has 6 nitrogen and oxygen atoms in total. The van der Waals surface area contributed by atoms with Crippen LogP contribution >= 0.6 is 11.6 Å². The van der Waals surface area contributed by atoms with E-state index in [1.165, 1.54) is 5.56 Å². The van der Waals surface area contributed by atoms with E-state index in [1.54, 1.807) is 42.5 Å².